The van der Waals surface area contributed by atoms with E-state index in [9.17, 15) is 39.9 Å². The molecular formula is C25H26N2O8. The van der Waals surface area contributed by atoms with Gasteiger partial charge in [-0.3, -0.25) is 19.3 Å². The Morgan fingerprint density at radius 2 is 1.89 bits per heavy atom. The van der Waals surface area contributed by atoms with Gasteiger partial charge in [-0.2, -0.15) is 0 Å². The Labute approximate surface area is 201 Å². The van der Waals surface area contributed by atoms with Gasteiger partial charge >= 0.3 is 0 Å². The Balaban J connectivity index is 1.97. The Morgan fingerprint density at radius 3 is 2.46 bits per heavy atom. The molecule has 7 N–H and O–H groups in total. The average molecular weight is 482 g/mol. The van der Waals surface area contributed by atoms with Gasteiger partial charge in [-0.1, -0.05) is 11.8 Å². The first-order valence-electron chi connectivity index (χ1n) is 11.0. The van der Waals surface area contributed by atoms with E-state index in [-0.39, 0.29) is 29.7 Å². The lowest BCUT2D eigenvalue weighted by molar-refractivity contribution is -0.153. The highest BCUT2D eigenvalue weighted by atomic mass is 16.3. The van der Waals surface area contributed by atoms with Crippen LogP contribution in [0.2, 0.25) is 0 Å². The second kappa shape index (κ2) is 8.23. The summed E-state index contributed by atoms with van der Waals surface area (Å²) < 4.78 is 0. The lowest BCUT2D eigenvalue weighted by atomic mass is 9.57. The lowest BCUT2D eigenvalue weighted by Crippen LogP contribution is -2.65. The van der Waals surface area contributed by atoms with Crippen molar-refractivity contribution in [2.45, 2.75) is 37.5 Å². The van der Waals surface area contributed by atoms with Crippen LogP contribution in [0, 0.1) is 23.7 Å². The highest BCUT2D eigenvalue weighted by Gasteiger charge is 2.64. The number of aromatic hydroxyl groups is 1. The van der Waals surface area contributed by atoms with Crippen LogP contribution in [0.25, 0.3) is 5.76 Å². The van der Waals surface area contributed by atoms with Crippen molar-refractivity contribution < 1.29 is 39.9 Å². The van der Waals surface area contributed by atoms with Crippen LogP contribution in [0.3, 0.4) is 0 Å². The highest BCUT2D eigenvalue weighted by molar-refractivity contribution is 6.24. The fraction of sp³-hybridized carbons (Fsp3) is 0.400. The second-order valence-corrected chi connectivity index (χ2v) is 9.39. The number of phenolic OH excluding ortho intramolecular Hbond substituents is 1. The summed E-state index contributed by atoms with van der Waals surface area (Å²) in [6.45, 7) is 1.48. The van der Waals surface area contributed by atoms with Gasteiger partial charge in [0, 0.05) is 17.1 Å². The van der Waals surface area contributed by atoms with E-state index < -0.39 is 64.1 Å². The van der Waals surface area contributed by atoms with Gasteiger partial charge in [0.05, 0.1) is 11.6 Å². The normalized spacial score (nSPS) is 28.7. The summed E-state index contributed by atoms with van der Waals surface area (Å²) in [5, 5.41) is 53.5. The number of hydrogen-bond donors (Lipinski definition) is 6. The standard InChI is InChI=1S/C25H26N2O8/c1-10(28)4-5-11-6-7-15(29)17-13(11)8-12-9-14-19(27(2)3)21(31)18(24(26)34)23(33)25(14,35)22(32)16(12)20(17)30/h6-7,10,12,14,19,28-30,33,35H,8-9H2,1-3H3,(H2,26,34)/t10?,12-,14-,19-,25+/m1/s1. The van der Waals surface area contributed by atoms with Crippen molar-refractivity contribution in [1.29, 1.82) is 0 Å². The maximum absolute atomic E-state index is 13.7. The predicted octanol–water partition coefficient (Wildman–Crippen LogP) is -0.304. The number of phenols is 1. The largest absolute Gasteiger partial charge is 0.508 e. The molecule has 4 rings (SSSR count). The van der Waals surface area contributed by atoms with E-state index in [1.807, 2.05) is 0 Å². The van der Waals surface area contributed by atoms with Crippen molar-refractivity contribution in [2.24, 2.45) is 17.6 Å². The van der Waals surface area contributed by atoms with Crippen molar-refractivity contribution in [2.75, 3.05) is 14.1 Å². The van der Waals surface area contributed by atoms with Gasteiger partial charge < -0.3 is 31.3 Å². The SMILES string of the molecule is CC(O)C#Cc1ccc(O)c2c1C[C@@H]1C[C@@H]3[C@@H](N(C)C)C(=O)C(C(N)=O)=C(O)[C@@]3(O)C(=O)C1=C2O. The number of fused-ring (bicyclic) bond motifs is 3. The smallest absolute Gasteiger partial charge is 0.255 e. The highest BCUT2D eigenvalue weighted by Crippen LogP contribution is 2.52. The molecule has 35 heavy (non-hydrogen) atoms. The molecule has 0 saturated heterocycles. The fourth-order valence-electron chi connectivity index (χ4n) is 5.54. The van der Waals surface area contributed by atoms with E-state index in [1.165, 1.54) is 38.1 Å². The molecule has 10 nitrogen and oxygen atoms in total. The predicted molar refractivity (Wildman–Crippen MR) is 123 cm³/mol. The molecule has 0 radical (unpaired) electrons. The number of nitrogens with two attached hydrogens (primary N) is 1. The third-order valence-electron chi connectivity index (χ3n) is 7.02. The van der Waals surface area contributed by atoms with Crippen molar-refractivity contribution in [1.82, 2.24) is 4.90 Å². The van der Waals surface area contributed by atoms with Gasteiger partial charge in [-0.25, -0.2) is 0 Å². The Bertz CT molecular complexity index is 1300. The Hall–Kier alpha value is -3.65. The molecule has 10 heteroatoms. The van der Waals surface area contributed by atoms with Crippen LogP contribution in [-0.2, 0) is 20.8 Å². The maximum atomic E-state index is 13.7. The minimum atomic E-state index is -2.68. The van der Waals surface area contributed by atoms with E-state index in [4.69, 9.17) is 5.73 Å². The molecule has 0 bridgehead atoms. The Kier molecular flexibility index (Phi) is 5.76. The molecular weight excluding hydrogens is 456 g/mol. The summed E-state index contributed by atoms with van der Waals surface area (Å²) in [5.74, 6) is -1.62. The van der Waals surface area contributed by atoms with Gasteiger partial charge in [0.15, 0.2) is 11.4 Å². The quantitative estimate of drug-likeness (QED) is 0.243. The molecule has 5 atom stereocenters. The summed E-state index contributed by atoms with van der Waals surface area (Å²) >= 11 is 0. The molecule has 1 amide bonds. The minimum absolute atomic E-state index is 0.00924. The molecule has 0 heterocycles. The minimum Gasteiger partial charge on any atom is -0.508 e. The number of benzene rings is 1. The Morgan fingerprint density at radius 1 is 1.23 bits per heavy atom. The molecule has 0 spiro atoms. The van der Waals surface area contributed by atoms with Crippen LogP contribution in [0.4, 0.5) is 0 Å². The molecule has 1 fully saturated rings. The number of aliphatic hydroxyl groups is 4. The lowest BCUT2D eigenvalue weighted by Gasteiger charge is -2.50. The molecule has 0 aliphatic heterocycles. The summed E-state index contributed by atoms with van der Waals surface area (Å²) in [6, 6.07) is 1.67. The summed E-state index contributed by atoms with van der Waals surface area (Å²) in [7, 11) is 3.07. The molecule has 1 unspecified atom stereocenters. The van der Waals surface area contributed by atoms with Gasteiger partial charge in [-0.05, 0) is 57.5 Å². The van der Waals surface area contributed by atoms with Crippen LogP contribution >= 0.6 is 0 Å². The first-order chi connectivity index (χ1) is 16.3. The van der Waals surface area contributed by atoms with Crippen LogP contribution in [0.1, 0.15) is 30.0 Å². The van der Waals surface area contributed by atoms with Gasteiger partial charge in [0.25, 0.3) is 5.91 Å². The number of likely N-dealkylation sites (N-methyl/N-ethyl adjacent to an activating group) is 1. The van der Waals surface area contributed by atoms with Crippen molar-refractivity contribution in [3.8, 4) is 17.6 Å². The number of Topliss-reactive ketones (excluding diaryl/α,β-unsaturated/α-hetero) is 2. The second-order valence-electron chi connectivity index (χ2n) is 9.39. The monoisotopic (exact) mass is 482 g/mol. The van der Waals surface area contributed by atoms with Crippen molar-refractivity contribution in [3.05, 3.63) is 45.7 Å². The number of amides is 1. The number of aliphatic hydroxyl groups excluding tert-OH is 3. The van der Waals surface area contributed by atoms with Gasteiger partial charge in [0.2, 0.25) is 5.78 Å². The van der Waals surface area contributed by atoms with Crippen LogP contribution in [0.15, 0.2) is 29.0 Å². The molecule has 3 aliphatic carbocycles. The molecule has 184 valence electrons. The number of carbonyl (C=O) groups excluding carboxylic acids is 3. The molecule has 1 saturated carbocycles. The number of hydrogen-bond acceptors (Lipinski definition) is 9. The van der Waals surface area contributed by atoms with E-state index in [1.54, 1.807) is 0 Å². The zero-order valence-corrected chi connectivity index (χ0v) is 19.4. The van der Waals surface area contributed by atoms with Crippen LogP contribution in [-0.4, -0.2) is 79.7 Å². The number of nitrogens with zero attached hydrogens (tertiary/aromatic N) is 1. The molecule has 1 aromatic rings. The third kappa shape index (κ3) is 3.43. The summed E-state index contributed by atoms with van der Waals surface area (Å²) in [5.41, 5.74) is 2.38. The van der Waals surface area contributed by atoms with Crippen LogP contribution in [0.5, 0.6) is 5.75 Å². The van der Waals surface area contributed by atoms with E-state index in [2.05, 4.69) is 11.8 Å². The van der Waals surface area contributed by atoms with Crippen LogP contribution < -0.4 is 5.73 Å². The molecule has 3 aliphatic rings. The first-order valence-corrected chi connectivity index (χ1v) is 11.0. The zero-order valence-electron chi connectivity index (χ0n) is 19.4. The van der Waals surface area contributed by atoms with Gasteiger partial charge in [0.1, 0.15) is 28.9 Å². The fourth-order valence-corrected chi connectivity index (χ4v) is 5.54. The number of ketones is 2. The van der Waals surface area contributed by atoms with Gasteiger partial charge in [-0.15, -0.1) is 0 Å². The maximum Gasteiger partial charge on any atom is 0.255 e. The third-order valence-corrected chi connectivity index (χ3v) is 7.02. The van der Waals surface area contributed by atoms with Crippen molar-refractivity contribution >= 4 is 23.2 Å². The zero-order chi connectivity index (χ0) is 26.0. The first kappa shape index (κ1) is 24.5. The van der Waals surface area contributed by atoms with Crippen molar-refractivity contribution in [3.63, 3.8) is 0 Å². The summed E-state index contributed by atoms with van der Waals surface area (Å²) in [4.78, 5) is 40.2. The van der Waals surface area contributed by atoms with E-state index >= 15 is 0 Å². The molecule has 1 aromatic carbocycles. The number of primary amides is 1. The van der Waals surface area contributed by atoms with E-state index in [0.717, 1.165) is 0 Å². The topological polar surface area (TPSA) is 182 Å². The molecule has 0 aromatic heterocycles. The van der Waals surface area contributed by atoms with E-state index in [0.29, 0.717) is 11.1 Å². The number of rotatable bonds is 2. The number of carbonyl (C=O) groups is 3. The summed E-state index contributed by atoms with van der Waals surface area (Å²) in [6.07, 6.45) is -0.797. The average Bonchev–Trinajstić information content (AvgIpc) is 2.75.